The number of halogens is 1. The predicted molar refractivity (Wildman–Crippen MR) is 100 cm³/mol. The van der Waals surface area contributed by atoms with Crippen molar-refractivity contribution < 1.29 is 17.6 Å². The summed E-state index contributed by atoms with van der Waals surface area (Å²) in [7, 11) is -3.54. The Kier molecular flexibility index (Phi) is 4.31. The van der Waals surface area contributed by atoms with Gasteiger partial charge in [-0.15, -0.1) is 0 Å². The Morgan fingerprint density at radius 3 is 2.30 bits per heavy atom. The van der Waals surface area contributed by atoms with E-state index < -0.39 is 15.4 Å². The number of carbonyl (C=O) groups excluding carboxylic acids is 1. The molecule has 2 aliphatic heterocycles. The maximum absolute atomic E-state index is 13.4. The van der Waals surface area contributed by atoms with Gasteiger partial charge in [0, 0.05) is 25.3 Å². The first-order valence-corrected chi connectivity index (χ1v) is 10.4. The van der Waals surface area contributed by atoms with Crippen LogP contribution in [0.5, 0.6) is 0 Å². The molecule has 0 bridgehead atoms. The number of sulfonamides is 1. The van der Waals surface area contributed by atoms with Crippen LogP contribution in [0.1, 0.15) is 18.4 Å². The molecule has 2 fully saturated rings. The molecule has 0 aliphatic carbocycles. The van der Waals surface area contributed by atoms with E-state index in [1.54, 1.807) is 41.3 Å². The van der Waals surface area contributed by atoms with Gasteiger partial charge in [0.25, 0.3) is 0 Å². The topological polar surface area (TPSA) is 57.7 Å². The summed E-state index contributed by atoms with van der Waals surface area (Å²) in [6.45, 7) is 3.05. The summed E-state index contributed by atoms with van der Waals surface area (Å²) in [5.41, 5.74) is 1.04. The first-order valence-electron chi connectivity index (χ1n) is 8.96. The highest BCUT2D eigenvalue weighted by molar-refractivity contribution is 7.89. The van der Waals surface area contributed by atoms with E-state index in [0.717, 1.165) is 5.56 Å². The number of benzene rings is 2. The van der Waals surface area contributed by atoms with Gasteiger partial charge in [-0.25, -0.2) is 12.8 Å². The molecule has 5 nitrogen and oxygen atoms in total. The monoisotopic (exact) mass is 388 g/mol. The van der Waals surface area contributed by atoms with Gasteiger partial charge in [0.15, 0.2) is 0 Å². The largest absolute Gasteiger partial charge is 0.311 e. The molecule has 27 heavy (non-hydrogen) atoms. The van der Waals surface area contributed by atoms with Crippen LogP contribution in [-0.4, -0.2) is 38.3 Å². The van der Waals surface area contributed by atoms with E-state index in [4.69, 9.17) is 0 Å². The molecular weight excluding hydrogens is 367 g/mol. The lowest BCUT2D eigenvalue weighted by atomic mass is 9.71. The number of carbonyl (C=O) groups is 1. The summed E-state index contributed by atoms with van der Waals surface area (Å²) in [4.78, 5) is 14.6. The molecule has 2 saturated heterocycles. The number of β-lactam (4-membered cyclic amide) rings is 1. The van der Waals surface area contributed by atoms with Crippen molar-refractivity contribution in [3.8, 4) is 0 Å². The van der Waals surface area contributed by atoms with Crippen LogP contribution in [0.2, 0.25) is 0 Å². The third-order valence-electron chi connectivity index (χ3n) is 5.62. The van der Waals surface area contributed by atoms with Gasteiger partial charge in [0.2, 0.25) is 15.9 Å². The SMILES string of the molecule is Cc1ccc(S(=O)(=O)N2CCC3(CC2)CN(c2cccc(F)c2)C3=O)cc1. The fraction of sp³-hybridized carbons (Fsp3) is 0.350. The van der Waals surface area contributed by atoms with E-state index in [0.29, 0.717) is 38.2 Å². The van der Waals surface area contributed by atoms with Crippen molar-refractivity contribution in [2.24, 2.45) is 5.41 Å². The normalized spacial score (nSPS) is 19.9. The highest BCUT2D eigenvalue weighted by Crippen LogP contribution is 2.44. The molecule has 2 aromatic rings. The van der Waals surface area contributed by atoms with Crippen molar-refractivity contribution in [2.45, 2.75) is 24.7 Å². The molecule has 2 aliphatic rings. The van der Waals surface area contributed by atoms with Crippen molar-refractivity contribution in [3.05, 3.63) is 59.9 Å². The molecule has 0 N–H and O–H groups in total. The van der Waals surface area contributed by atoms with Gasteiger partial charge in [0.05, 0.1) is 10.3 Å². The molecule has 142 valence electrons. The number of hydrogen-bond acceptors (Lipinski definition) is 3. The third kappa shape index (κ3) is 3.04. The zero-order chi connectivity index (χ0) is 19.2. The number of nitrogens with zero attached hydrogens (tertiary/aromatic N) is 2. The van der Waals surface area contributed by atoms with Crippen LogP contribution in [0.15, 0.2) is 53.4 Å². The molecular formula is C20H21FN2O3S. The second-order valence-electron chi connectivity index (χ2n) is 7.37. The summed E-state index contributed by atoms with van der Waals surface area (Å²) >= 11 is 0. The summed E-state index contributed by atoms with van der Waals surface area (Å²) in [5, 5.41) is 0. The molecule has 0 unspecified atom stereocenters. The minimum Gasteiger partial charge on any atom is -0.311 e. The molecule has 0 radical (unpaired) electrons. The van der Waals surface area contributed by atoms with E-state index in [-0.39, 0.29) is 16.6 Å². The Morgan fingerprint density at radius 1 is 1.04 bits per heavy atom. The lowest BCUT2D eigenvalue weighted by molar-refractivity contribution is -0.137. The van der Waals surface area contributed by atoms with Crippen LogP contribution in [0, 0.1) is 18.2 Å². The lowest BCUT2D eigenvalue weighted by Gasteiger charge is -2.52. The van der Waals surface area contributed by atoms with Crippen LogP contribution in [-0.2, 0) is 14.8 Å². The van der Waals surface area contributed by atoms with Gasteiger partial charge < -0.3 is 4.90 Å². The average molecular weight is 388 g/mol. The number of aryl methyl sites for hydroxylation is 1. The van der Waals surface area contributed by atoms with Crippen molar-refractivity contribution >= 4 is 21.6 Å². The van der Waals surface area contributed by atoms with E-state index in [2.05, 4.69) is 0 Å². The molecule has 2 heterocycles. The van der Waals surface area contributed by atoms with Crippen molar-refractivity contribution in [1.82, 2.24) is 4.31 Å². The zero-order valence-electron chi connectivity index (χ0n) is 15.1. The Bertz CT molecular complexity index is 981. The second kappa shape index (κ2) is 6.42. The van der Waals surface area contributed by atoms with Crippen LogP contribution in [0.25, 0.3) is 0 Å². The number of piperidine rings is 1. The van der Waals surface area contributed by atoms with Crippen LogP contribution in [0.3, 0.4) is 0 Å². The van der Waals surface area contributed by atoms with Gasteiger partial charge in [-0.05, 0) is 50.1 Å². The minimum absolute atomic E-state index is 0.0412. The fourth-order valence-electron chi connectivity index (χ4n) is 3.88. The quantitative estimate of drug-likeness (QED) is 0.760. The van der Waals surface area contributed by atoms with E-state index in [9.17, 15) is 17.6 Å². The lowest BCUT2D eigenvalue weighted by Crippen LogP contribution is -2.65. The van der Waals surface area contributed by atoms with Crippen molar-refractivity contribution in [1.29, 1.82) is 0 Å². The summed E-state index contributed by atoms with van der Waals surface area (Å²) in [5.74, 6) is -0.416. The van der Waals surface area contributed by atoms with Gasteiger partial charge >= 0.3 is 0 Å². The maximum Gasteiger partial charge on any atom is 0.243 e. The van der Waals surface area contributed by atoms with E-state index in [1.165, 1.54) is 16.4 Å². The molecule has 1 spiro atoms. The molecule has 0 atom stereocenters. The van der Waals surface area contributed by atoms with Crippen LogP contribution in [0.4, 0.5) is 10.1 Å². The summed E-state index contributed by atoms with van der Waals surface area (Å²) < 4.78 is 40.5. The van der Waals surface area contributed by atoms with E-state index >= 15 is 0 Å². The molecule has 1 amide bonds. The number of hydrogen-bond donors (Lipinski definition) is 0. The Morgan fingerprint density at radius 2 is 1.70 bits per heavy atom. The summed E-state index contributed by atoms with van der Waals surface area (Å²) in [6, 6.07) is 12.8. The number of anilines is 1. The predicted octanol–water partition coefficient (Wildman–Crippen LogP) is 2.95. The first kappa shape index (κ1) is 18.1. The smallest absolute Gasteiger partial charge is 0.243 e. The highest BCUT2D eigenvalue weighted by Gasteiger charge is 2.54. The molecule has 7 heteroatoms. The van der Waals surface area contributed by atoms with Gasteiger partial charge in [-0.2, -0.15) is 4.31 Å². The Labute approximate surface area is 158 Å². The van der Waals surface area contributed by atoms with Gasteiger partial charge in [-0.3, -0.25) is 4.79 Å². The molecule has 0 saturated carbocycles. The standard InChI is InChI=1S/C20H21FN2O3S/c1-15-5-7-18(8-6-15)27(25,26)22-11-9-20(10-12-22)14-23(19(20)24)17-4-2-3-16(21)13-17/h2-8,13H,9-12,14H2,1H3. The van der Waals surface area contributed by atoms with Crippen LogP contribution < -0.4 is 4.90 Å². The Balaban J connectivity index is 1.45. The van der Waals surface area contributed by atoms with Gasteiger partial charge in [0.1, 0.15) is 5.82 Å². The number of amides is 1. The average Bonchev–Trinajstić information content (AvgIpc) is 2.66. The zero-order valence-corrected chi connectivity index (χ0v) is 15.9. The highest BCUT2D eigenvalue weighted by atomic mass is 32.2. The van der Waals surface area contributed by atoms with E-state index in [1.807, 2.05) is 6.92 Å². The van der Waals surface area contributed by atoms with Gasteiger partial charge in [-0.1, -0.05) is 23.8 Å². The summed E-state index contributed by atoms with van der Waals surface area (Å²) in [6.07, 6.45) is 0.978. The van der Waals surface area contributed by atoms with Crippen LogP contribution >= 0.6 is 0 Å². The second-order valence-corrected chi connectivity index (χ2v) is 9.31. The number of rotatable bonds is 3. The molecule has 2 aromatic carbocycles. The first-order chi connectivity index (χ1) is 12.8. The third-order valence-corrected chi connectivity index (χ3v) is 7.53. The minimum atomic E-state index is -3.54. The molecule has 0 aromatic heterocycles. The van der Waals surface area contributed by atoms with Crippen molar-refractivity contribution in [3.63, 3.8) is 0 Å². The fourth-order valence-corrected chi connectivity index (χ4v) is 5.32. The Hall–Kier alpha value is -2.25. The maximum atomic E-state index is 13.4. The van der Waals surface area contributed by atoms with Crippen molar-refractivity contribution in [2.75, 3.05) is 24.5 Å². The molecule has 4 rings (SSSR count).